The molecule has 0 amide bonds. The number of phenols is 1. The van der Waals surface area contributed by atoms with Gasteiger partial charge in [0.15, 0.2) is 0 Å². The van der Waals surface area contributed by atoms with Crippen LogP contribution in [-0.4, -0.2) is 21.5 Å². The summed E-state index contributed by atoms with van der Waals surface area (Å²) < 4.78 is 2.01. The summed E-state index contributed by atoms with van der Waals surface area (Å²) in [5.74, 6) is 0.288. The number of hydrogen-bond donors (Lipinski definition) is 1. The molecule has 0 saturated heterocycles. The van der Waals surface area contributed by atoms with E-state index in [1.165, 1.54) is 31.4 Å². The molecule has 1 aromatic heterocycles. The molecule has 2 aromatic rings. The van der Waals surface area contributed by atoms with Crippen LogP contribution >= 0.6 is 11.3 Å². The molecule has 5 heteroatoms. The van der Waals surface area contributed by atoms with E-state index in [-0.39, 0.29) is 5.75 Å². The van der Waals surface area contributed by atoms with Crippen molar-refractivity contribution >= 4 is 17.0 Å². The monoisotopic (exact) mass is 313 g/mol. The molecule has 0 atom stereocenters. The van der Waals surface area contributed by atoms with Gasteiger partial charge in [0, 0.05) is 16.7 Å². The van der Waals surface area contributed by atoms with E-state index >= 15 is 0 Å². The third-order valence-electron chi connectivity index (χ3n) is 4.11. The molecule has 0 spiro atoms. The average Bonchev–Trinajstić information content (AvgIpc) is 3.04. The van der Waals surface area contributed by atoms with Crippen LogP contribution in [0.5, 0.6) is 5.75 Å². The molecular formula is C17H19N3OS. The zero-order valence-electron chi connectivity index (χ0n) is 12.4. The molecule has 1 aromatic carbocycles. The second kappa shape index (κ2) is 5.72. The fourth-order valence-electron chi connectivity index (χ4n) is 2.70. The van der Waals surface area contributed by atoms with Gasteiger partial charge in [-0.2, -0.15) is 5.10 Å². The molecule has 1 N–H and O–H groups in total. The maximum Gasteiger partial charge on any atom is 0.206 e. The van der Waals surface area contributed by atoms with Gasteiger partial charge in [0.25, 0.3) is 0 Å². The van der Waals surface area contributed by atoms with Gasteiger partial charge < -0.3 is 5.11 Å². The van der Waals surface area contributed by atoms with Crippen molar-refractivity contribution in [2.45, 2.75) is 44.6 Å². The standard InChI is InChI=1S/C17H19N3OS/c21-15-9-5-12(6-10-15)16-11-22-17(18-13-7-8-13)20(16)19-14-3-1-2-4-14/h5-6,9-11,13,21H,1-4,7-8H2. The summed E-state index contributed by atoms with van der Waals surface area (Å²) in [6, 6.07) is 7.80. The molecule has 1 heterocycles. The van der Waals surface area contributed by atoms with Gasteiger partial charge in [0.05, 0.1) is 11.7 Å². The largest absolute Gasteiger partial charge is 0.508 e. The van der Waals surface area contributed by atoms with Gasteiger partial charge in [-0.05, 0) is 62.8 Å². The van der Waals surface area contributed by atoms with Gasteiger partial charge in [0.2, 0.25) is 4.80 Å². The van der Waals surface area contributed by atoms with Gasteiger partial charge >= 0.3 is 0 Å². The summed E-state index contributed by atoms with van der Waals surface area (Å²) in [5.41, 5.74) is 3.40. The maximum atomic E-state index is 9.48. The van der Waals surface area contributed by atoms with Crippen molar-refractivity contribution in [2.24, 2.45) is 10.1 Å². The first kappa shape index (κ1) is 13.8. The third kappa shape index (κ3) is 2.86. The zero-order chi connectivity index (χ0) is 14.9. The van der Waals surface area contributed by atoms with Crippen molar-refractivity contribution in [3.8, 4) is 17.0 Å². The highest BCUT2D eigenvalue weighted by Gasteiger charge is 2.21. The SMILES string of the molecule is Oc1ccc(-c2csc(=NC3CC3)n2N=C2CCCC2)cc1. The van der Waals surface area contributed by atoms with E-state index in [0.29, 0.717) is 6.04 Å². The maximum absolute atomic E-state index is 9.48. The molecule has 2 fully saturated rings. The number of thiazole rings is 1. The van der Waals surface area contributed by atoms with Crippen LogP contribution in [0.2, 0.25) is 0 Å². The normalized spacial score (nSPS) is 18.9. The second-order valence-electron chi connectivity index (χ2n) is 6.00. The third-order valence-corrected chi connectivity index (χ3v) is 4.94. The fraction of sp³-hybridized carbons (Fsp3) is 0.412. The van der Waals surface area contributed by atoms with Crippen molar-refractivity contribution in [1.29, 1.82) is 0 Å². The Bertz CT molecular complexity index is 758. The first-order chi connectivity index (χ1) is 10.8. The highest BCUT2D eigenvalue weighted by molar-refractivity contribution is 7.07. The minimum atomic E-state index is 0.288. The summed E-state index contributed by atoms with van der Waals surface area (Å²) in [6.07, 6.45) is 7.08. The van der Waals surface area contributed by atoms with Crippen LogP contribution < -0.4 is 4.80 Å². The van der Waals surface area contributed by atoms with E-state index in [1.54, 1.807) is 23.5 Å². The summed E-state index contributed by atoms with van der Waals surface area (Å²) in [7, 11) is 0. The molecule has 4 nitrogen and oxygen atoms in total. The first-order valence-corrected chi connectivity index (χ1v) is 8.78. The molecule has 2 aliphatic rings. The van der Waals surface area contributed by atoms with E-state index in [9.17, 15) is 5.11 Å². The fourth-order valence-corrected chi connectivity index (χ4v) is 3.60. The van der Waals surface area contributed by atoms with E-state index < -0.39 is 0 Å². The smallest absolute Gasteiger partial charge is 0.206 e. The predicted molar refractivity (Wildman–Crippen MR) is 89.3 cm³/mol. The van der Waals surface area contributed by atoms with Crippen molar-refractivity contribution in [1.82, 2.24) is 4.68 Å². The van der Waals surface area contributed by atoms with Crippen LogP contribution in [0.1, 0.15) is 38.5 Å². The molecule has 2 aliphatic carbocycles. The van der Waals surface area contributed by atoms with Crippen molar-refractivity contribution in [3.63, 3.8) is 0 Å². The second-order valence-corrected chi connectivity index (χ2v) is 6.83. The van der Waals surface area contributed by atoms with Gasteiger partial charge in [-0.25, -0.2) is 4.68 Å². The van der Waals surface area contributed by atoms with Crippen LogP contribution in [0, 0.1) is 0 Å². The van der Waals surface area contributed by atoms with Crippen molar-refractivity contribution in [3.05, 3.63) is 34.4 Å². The number of aromatic nitrogens is 1. The summed E-state index contributed by atoms with van der Waals surface area (Å²) in [4.78, 5) is 5.79. The Balaban J connectivity index is 1.82. The summed E-state index contributed by atoms with van der Waals surface area (Å²) in [5, 5.41) is 16.5. The van der Waals surface area contributed by atoms with Crippen LogP contribution in [0.25, 0.3) is 11.3 Å². The van der Waals surface area contributed by atoms with Gasteiger partial charge in [-0.15, -0.1) is 11.3 Å². The van der Waals surface area contributed by atoms with E-state index in [2.05, 4.69) is 5.38 Å². The van der Waals surface area contributed by atoms with E-state index in [0.717, 1.165) is 28.9 Å². The number of nitrogens with zero attached hydrogens (tertiary/aromatic N) is 3. The molecule has 114 valence electrons. The lowest BCUT2D eigenvalue weighted by atomic mass is 10.2. The Morgan fingerprint density at radius 3 is 2.50 bits per heavy atom. The molecular weight excluding hydrogens is 294 g/mol. The average molecular weight is 313 g/mol. The molecule has 2 saturated carbocycles. The minimum Gasteiger partial charge on any atom is -0.508 e. The number of hydrogen-bond acceptors (Lipinski definition) is 4. The minimum absolute atomic E-state index is 0.288. The van der Waals surface area contributed by atoms with Gasteiger partial charge in [-0.1, -0.05) is 0 Å². The molecule has 0 aliphatic heterocycles. The van der Waals surface area contributed by atoms with Crippen molar-refractivity contribution < 1.29 is 5.11 Å². The lowest BCUT2D eigenvalue weighted by molar-refractivity contribution is 0.475. The Hall–Kier alpha value is -1.88. The number of phenolic OH excluding ortho intramolecular Hbond substituents is 1. The Kier molecular flexibility index (Phi) is 3.58. The topological polar surface area (TPSA) is 49.9 Å². The van der Waals surface area contributed by atoms with E-state index in [4.69, 9.17) is 10.1 Å². The summed E-state index contributed by atoms with van der Waals surface area (Å²) in [6.45, 7) is 0. The quantitative estimate of drug-likeness (QED) is 0.921. The Labute approximate surface area is 133 Å². The van der Waals surface area contributed by atoms with Crippen molar-refractivity contribution in [2.75, 3.05) is 0 Å². The number of benzene rings is 1. The number of aromatic hydroxyl groups is 1. The first-order valence-electron chi connectivity index (χ1n) is 7.90. The van der Waals surface area contributed by atoms with Gasteiger partial charge in [-0.3, -0.25) is 4.99 Å². The highest BCUT2D eigenvalue weighted by Crippen LogP contribution is 2.26. The van der Waals surface area contributed by atoms with Crippen LogP contribution in [0.15, 0.2) is 39.7 Å². The molecule has 22 heavy (non-hydrogen) atoms. The van der Waals surface area contributed by atoms with E-state index in [1.807, 2.05) is 16.8 Å². The summed E-state index contributed by atoms with van der Waals surface area (Å²) >= 11 is 1.65. The van der Waals surface area contributed by atoms with Crippen LogP contribution in [0.4, 0.5) is 0 Å². The predicted octanol–water partition coefficient (Wildman–Crippen LogP) is 3.76. The van der Waals surface area contributed by atoms with Crippen LogP contribution in [0.3, 0.4) is 0 Å². The highest BCUT2D eigenvalue weighted by atomic mass is 32.1. The Morgan fingerprint density at radius 1 is 1.09 bits per heavy atom. The Morgan fingerprint density at radius 2 is 1.82 bits per heavy atom. The molecule has 0 radical (unpaired) electrons. The zero-order valence-corrected chi connectivity index (χ0v) is 13.2. The molecule has 0 unspecified atom stereocenters. The lowest BCUT2D eigenvalue weighted by Gasteiger charge is -2.05. The lowest BCUT2D eigenvalue weighted by Crippen LogP contribution is -2.14. The van der Waals surface area contributed by atoms with Gasteiger partial charge in [0.1, 0.15) is 5.75 Å². The molecule has 0 bridgehead atoms. The molecule has 4 rings (SSSR count). The van der Waals surface area contributed by atoms with Crippen LogP contribution in [-0.2, 0) is 0 Å². The number of rotatable bonds is 3.